The standard InChI is InChI=1S/C31H34F2N8O2/c1-18(14-40-17-35-13-27(40)33)43-26-5-3-4-20-10-25(41(28(20)26)15-19-6-7-19)30-37-24-11-22-23(36-29(24)38(30)2)8-9-39(31(22)42)16-21(34)12-32/h3-5,10-11,13,17-19,21H,6-9,12,14-16,34H2,1-2H3/t18-,21-/m1/s1. The molecule has 2 aliphatic rings. The number of carbonyl (C=O) groups excluding carboxylic acids is 1. The molecule has 4 aromatic heterocycles. The van der Waals surface area contributed by atoms with Gasteiger partial charge < -0.3 is 29.1 Å². The van der Waals surface area contributed by atoms with Gasteiger partial charge >= 0.3 is 0 Å². The number of nitrogens with zero attached hydrogens (tertiary/aromatic N) is 7. The van der Waals surface area contributed by atoms with Crippen LogP contribution in [0.1, 0.15) is 35.8 Å². The number of rotatable bonds is 10. The molecule has 1 amide bonds. The number of alkyl halides is 1. The molecule has 12 heteroatoms. The summed E-state index contributed by atoms with van der Waals surface area (Å²) in [6.45, 7) is 3.00. The Labute approximate surface area is 247 Å². The third kappa shape index (κ3) is 5.03. The van der Waals surface area contributed by atoms with E-state index in [1.165, 1.54) is 29.9 Å². The monoisotopic (exact) mass is 588 g/mol. The largest absolute Gasteiger partial charge is 0.487 e. The van der Waals surface area contributed by atoms with Gasteiger partial charge in [-0.15, -0.1) is 0 Å². The zero-order chi connectivity index (χ0) is 29.8. The first-order chi connectivity index (χ1) is 20.8. The highest BCUT2D eigenvalue weighted by atomic mass is 19.1. The molecular formula is C31H34F2N8O2. The van der Waals surface area contributed by atoms with E-state index in [0.717, 1.165) is 40.4 Å². The summed E-state index contributed by atoms with van der Waals surface area (Å²) in [5, 5.41) is 1.02. The topological polar surface area (TPSA) is 109 Å². The predicted molar refractivity (Wildman–Crippen MR) is 158 cm³/mol. The van der Waals surface area contributed by atoms with Crippen LogP contribution in [0, 0.1) is 11.9 Å². The second-order valence-corrected chi connectivity index (χ2v) is 11.8. The van der Waals surface area contributed by atoms with E-state index in [9.17, 15) is 13.6 Å². The maximum absolute atomic E-state index is 14.0. The summed E-state index contributed by atoms with van der Waals surface area (Å²) in [7, 11) is 1.94. The number of carbonyl (C=O) groups is 1. The summed E-state index contributed by atoms with van der Waals surface area (Å²) in [6.07, 6.45) is 5.26. The lowest BCUT2D eigenvalue weighted by Crippen LogP contribution is -2.45. The second-order valence-electron chi connectivity index (χ2n) is 11.8. The van der Waals surface area contributed by atoms with Crippen LogP contribution in [0.5, 0.6) is 5.75 Å². The maximum Gasteiger partial charge on any atom is 0.255 e. The fourth-order valence-corrected chi connectivity index (χ4v) is 6.06. The van der Waals surface area contributed by atoms with E-state index in [2.05, 4.69) is 21.7 Å². The van der Waals surface area contributed by atoms with E-state index in [1.807, 2.05) is 30.7 Å². The summed E-state index contributed by atoms with van der Waals surface area (Å²) in [6, 6.07) is 9.19. The second kappa shape index (κ2) is 10.7. The van der Waals surface area contributed by atoms with Gasteiger partial charge in [0.15, 0.2) is 11.5 Å². The first kappa shape index (κ1) is 27.5. The minimum Gasteiger partial charge on any atom is -0.487 e. The lowest BCUT2D eigenvalue weighted by atomic mass is 10.0. The number of amides is 1. The highest BCUT2D eigenvalue weighted by Gasteiger charge is 2.30. The number of hydrogen-bond acceptors (Lipinski definition) is 6. The molecule has 2 N–H and O–H groups in total. The van der Waals surface area contributed by atoms with E-state index in [4.69, 9.17) is 20.4 Å². The Kier molecular flexibility index (Phi) is 6.88. The van der Waals surface area contributed by atoms with Gasteiger partial charge in [0.05, 0.1) is 47.6 Å². The number of fused-ring (bicyclic) bond motifs is 3. The van der Waals surface area contributed by atoms with E-state index in [0.29, 0.717) is 42.2 Å². The van der Waals surface area contributed by atoms with Crippen LogP contribution in [0.4, 0.5) is 8.78 Å². The number of halogens is 2. The van der Waals surface area contributed by atoms with Crippen molar-refractivity contribution >= 4 is 28.0 Å². The van der Waals surface area contributed by atoms with Gasteiger partial charge in [0.25, 0.3) is 5.91 Å². The van der Waals surface area contributed by atoms with Crippen molar-refractivity contribution in [3.63, 3.8) is 0 Å². The Morgan fingerprint density at radius 3 is 2.77 bits per heavy atom. The summed E-state index contributed by atoms with van der Waals surface area (Å²) in [4.78, 5) is 28.6. The fraction of sp³-hybridized carbons (Fsp3) is 0.419. The Morgan fingerprint density at radius 1 is 1.19 bits per heavy atom. The fourth-order valence-electron chi connectivity index (χ4n) is 6.06. The zero-order valence-electron chi connectivity index (χ0n) is 24.2. The molecule has 43 heavy (non-hydrogen) atoms. The number of ether oxygens (including phenoxy) is 1. The molecule has 0 radical (unpaired) electrons. The molecule has 1 saturated carbocycles. The molecule has 1 aliphatic carbocycles. The number of imidazole rings is 2. The van der Waals surface area contributed by atoms with Crippen molar-refractivity contribution in [2.24, 2.45) is 18.7 Å². The van der Waals surface area contributed by atoms with Gasteiger partial charge in [-0.2, -0.15) is 4.39 Å². The minimum atomic E-state index is -0.707. The molecule has 0 bridgehead atoms. The van der Waals surface area contributed by atoms with E-state index >= 15 is 0 Å². The molecule has 0 saturated heterocycles. The summed E-state index contributed by atoms with van der Waals surface area (Å²) in [5.74, 6) is 1.44. The highest BCUT2D eigenvalue weighted by Crippen LogP contribution is 2.39. The quantitative estimate of drug-likeness (QED) is 0.263. The van der Waals surface area contributed by atoms with Crippen molar-refractivity contribution in [3.8, 4) is 17.3 Å². The number of pyridine rings is 1. The van der Waals surface area contributed by atoms with E-state index in [-0.39, 0.29) is 18.6 Å². The minimum absolute atomic E-state index is 0.168. The van der Waals surface area contributed by atoms with Crippen LogP contribution in [0.2, 0.25) is 0 Å². The zero-order valence-corrected chi connectivity index (χ0v) is 24.2. The molecule has 0 unspecified atom stereocenters. The summed E-state index contributed by atoms with van der Waals surface area (Å²) < 4.78 is 39.2. The molecular weight excluding hydrogens is 554 g/mol. The molecule has 5 aromatic rings. The molecule has 7 rings (SSSR count). The van der Waals surface area contributed by atoms with Crippen molar-refractivity contribution in [2.75, 3.05) is 19.8 Å². The predicted octanol–water partition coefficient (Wildman–Crippen LogP) is 4.10. The van der Waals surface area contributed by atoms with Crippen molar-refractivity contribution < 1.29 is 18.3 Å². The van der Waals surface area contributed by atoms with Gasteiger partial charge in [0, 0.05) is 38.5 Å². The average molecular weight is 589 g/mol. The number of benzene rings is 1. The van der Waals surface area contributed by atoms with Crippen LogP contribution in [-0.2, 0) is 26.6 Å². The normalized spacial score (nSPS) is 16.7. The summed E-state index contributed by atoms with van der Waals surface area (Å²) in [5.41, 5.74) is 10.2. The van der Waals surface area contributed by atoms with Gasteiger partial charge in [-0.1, -0.05) is 12.1 Å². The van der Waals surface area contributed by atoms with Crippen LogP contribution in [-0.4, -0.2) is 71.4 Å². The van der Waals surface area contributed by atoms with Gasteiger partial charge in [-0.25, -0.2) is 19.3 Å². The molecule has 1 aromatic carbocycles. The SMILES string of the molecule is C[C@H](Cn1cncc1F)Oc1cccc2cc(-c3nc4cc5c(nc4n3C)CCN(C[C@H](N)CF)C5=O)n(CC3CC3)c12. The maximum atomic E-state index is 14.0. The average Bonchev–Trinajstić information content (AvgIpc) is 3.49. The first-order valence-corrected chi connectivity index (χ1v) is 14.7. The third-order valence-electron chi connectivity index (χ3n) is 8.41. The Bertz CT molecular complexity index is 1840. The van der Waals surface area contributed by atoms with Crippen molar-refractivity contribution in [2.45, 2.75) is 51.4 Å². The van der Waals surface area contributed by atoms with Crippen LogP contribution in [0.3, 0.4) is 0 Å². The van der Waals surface area contributed by atoms with Gasteiger partial charge in [0.1, 0.15) is 24.0 Å². The Hall–Kier alpha value is -4.32. The first-order valence-electron chi connectivity index (χ1n) is 14.7. The van der Waals surface area contributed by atoms with Gasteiger partial charge in [-0.05, 0) is 43.9 Å². The molecule has 5 heterocycles. The molecule has 1 aliphatic heterocycles. The van der Waals surface area contributed by atoms with Crippen LogP contribution >= 0.6 is 0 Å². The number of hydrogen-bond donors (Lipinski definition) is 1. The third-order valence-corrected chi connectivity index (χ3v) is 8.41. The van der Waals surface area contributed by atoms with Crippen molar-refractivity contribution in [1.82, 2.24) is 33.6 Å². The molecule has 10 nitrogen and oxygen atoms in total. The number of aryl methyl sites for hydroxylation is 1. The Morgan fingerprint density at radius 2 is 2.02 bits per heavy atom. The van der Waals surface area contributed by atoms with Crippen LogP contribution in [0.25, 0.3) is 33.6 Å². The summed E-state index contributed by atoms with van der Waals surface area (Å²) >= 11 is 0. The number of nitrogens with two attached hydrogens (primary N) is 1. The smallest absolute Gasteiger partial charge is 0.255 e. The van der Waals surface area contributed by atoms with E-state index in [1.54, 1.807) is 11.0 Å². The number of para-hydroxylation sites is 1. The van der Waals surface area contributed by atoms with Crippen molar-refractivity contribution in [1.29, 1.82) is 0 Å². The van der Waals surface area contributed by atoms with Crippen LogP contribution in [0.15, 0.2) is 42.9 Å². The Balaban J connectivity index is 1.28. The molecule has 1 fully saturated rings. The van der Waals surface area contributed by atoms with Gasteiger partial charge in [-0.3, -0.25) is 4.79 Å². The lowest BCUT2D eigenvalue weighted by Gasteiger charge is -2.29. The number of aromatic nitrogens is 6. The highest BCUT2D eigenvalue weighted by molar-refractivity contribution is 5.99. The van der Waals surface area contributed by atoms with E-state index < -0.39 is 18.7 Å². The molecule has 0 spiro atoms. The molecule has 2 atom stereocenters. The lowest BCUT2D eigenvalue weighted by molar-refractivity contribution is 0.0723. The van der Waals surface area contributed by atoms with Crippen LogP contribution < -0.4 is 10.5 Å². The van der Waals surface area contributed by atoms with Crippen molar-refractivity contribution in [3.05, 3.63) is 60.1 Å². The van der Waals surface area contributed by atoms with Gasteiger partial charge in [0.2, 0.25) is 5.95 Å². The molecule has 224 valence electrons.